The van der Waals surface area contributed by atoms with E-state index in [0.29, 0.717) is 17.0 Å². The van der Waals surface area contributed by atoms with Crippen LogP contribution in [0.25, 0.3) is 5.69 Å². The lowest BCUT2D eigenvalue weighted by molar-refractivity contribution is -0.136. The molecule has 116 valence electrons. The zero-order chi connectivity index (χ0) is 16.1. The van der Waals surface area contributed by atoms with Gasteiger partial charge in [-0.2, -0.15) is 5.10 Å². The van der Waals surface area contributed by atoms with Crippen molar-refractivity contribution in [2.24, 2.45) is 0 Å². The lowest BCUT2D eigenvalue weighted by Gasteiger charge is -2.08. The number of rotatable bonds is 6. The Morgan fingerprint density at radius 1 is 1.41 bits per heavy atom. The number of halogens is 1. The van der Waals surface area contributed by atoms with Crippen molar-refractivity contribution in [1.82, 2.24) is 15.1 Å². The van der Waals surface area contributed by atoms with Crippen LogP contribution in [0.3, 0.4) is 0 Å². The predicted molar refractivity (Wildman–Crippen MR) is 82.5 cm³/mol. The largest absolute Gasteiger partial charge is 0.481 e. The van der Waals surface area contributed by atoms with Gasteiger partial charge in [-0.15, -0.1) is 0 Å². The molecule has 0 spiro atoms. The molecule has 1 aromatic heterocycles. The van der Waals surface area contributed by atoms with E-state index in [4.69, 9.17) is 16.7 Å². The zero-order valence-electron chi connectivity index (χ0n) is 12.0. The van der Waals surface area contributed by atoms with Gasteiger partial charge in [0.05, 0.1) is 29.6 Å². The number of carbonyl (C=O) groups excluding carboxylic acids is 1. The molecule has 0 bridgehead atoms. The molecule has 22 heavy (non-hydrogen) atoms. The Balaban J connectivity index is 2.24. The molecule has 6 nitrogen and oxygen atoms in total. The summed E-state index contributed by atoms with van der Waals surface area (Å²) in [4.78, 5) is 22.6. The fraction of sp³-hybridized carbons (Fsp3) is 0.267. The van der Waals surface area contributed by atoms with E-state index in [-0.39, 0.29) is 18.9 Å². The summed E-state index contributed by atoms with van der Waals surface area (Å²) >= 11 is 5.98. The number of benzene rings is 1. The van der Waals surface area contributed by atoms with Gasteiger partial charge in [0.15, 0.2) is 0 Å². The van der Waals surface area contributed by atoms with Gasteiger partial charge in [-0.1, -0.05) is 24.6 Å². The maximum absolute atomic E-state index is 12.1. The molecule has 2 rings (SSSR count). The van der Waals surface area contributed by atoms with Crippen molar-refractivity contribution in [2.75, 3.05) is 6.54 Å². The molecule has 1 aromatic carbocycles. The van der Waals surface area contributed by atoms with Crippen LogP contribution in [-0.2, 0) is 11.2 Å². The van der Waals surface area contributed by atoms with Crippen LogP contribution in [0.15, 0.2) is 30.5 Å². The first kappa shape index (κ1) is 16.0. The van der Waals surface area contributed by atoms with Crippen LogP contribution in [0.2, 0.25) is 5.02 Å². The summed E-state index contributed by atoms with van der Waals surface area (Å²) in [6.45, 7) is 2.01. The summed E-state index contributed by atoms with van der Waals surface area (Å²) in [5.41, 5.74) is 1.96. The highest BCUT2D eigenvalue weighted by Crippen LogP contribution is 2.19. The normalized spacial score (nSPS) is 10.5. The number of amides is 1. The van der Waals surface area contributed by atoms with Gasteiger partial charge in [0.1, 0.15) is 0 Å². The number of aromatic nitrogens is 2. The second-order valence-electron chi connectivity index (χ2n) is 4.65. The molecule has 1 heterocycles. The Morgan fingerprint density at radius 2 is 2.18 bits per heavy atom. The van der Waals surface area contributed by atoms with E-state index in [1.165, 1.54) is 6.20 Å². The van der Waals surface area contributed by atoms with E-state index >= 15 is 0 Å². The van der Waals surface area contributed by atoms with Crippen molar-refractivity contribution in [1.29, 1.82) is 0 Å². The molecule has 0 fully saturated rings. The predicted octanol–water partition coefficient (Wildman–Crippen LogP) is 2.29. The van der Waals surface area contributed by atoms with Crippen molar-refractivity contribution in [3.8, 4) is 5.69 Å². The van der Waals surface area contributed by atoms with Crippen LogP contribution >= 0.6 is 11.6 Å². The molecule has 0 aliphatic heterocycles. The lowest BCUT2D eigenvalue weighted by atomic mass is 10.2. The third-order valence-corrected chi connectivity index (χ3v) is 3.36. The molecule has 1 amide bonds. The van der Waals surface area contributed by atoms with Crippen LogP contribution in [-0.4, -0.2) is 33.3 Å². The molecule has 0 saturated carbocycles. The summed E-state index contributed by atoms with van der Waals surface area (Å²) < 4.78 is 1.66. The van der Waals surface area contributed by atoms with Gasteiger partial charge in [-0.3, -0.25) is 9.59 Å². The van der Waals surface area contributed by atoms with E-state index in [0.717, 1.165) is 11.4 Å². The minimum atomic E-state index is -0.953. The Labute approximate surface area is 132 Å². The van der Waals surface area contributed by atoms with E-state index in [9.17, 15) is 9.59 Å². The molecule has 0 aliphatic carbocycles. The number of hydrogen-bond donors (Lipinski definition) is 2. The quantitative estimate of drug-likeness (QED) is 0.855. The Hall–Kier alpha value is -2.34. The van der Waals surface area contributed by atoms with Crippen LogP contribution < -0.4 is 5.32 Å². The van der Waals surface area contributed by atoms with Crippen molar-refractivity contribution < 1.29 is 14.7 Å². The maximum Gasteiger partial charge on any atom is 0.305 e. The molecule has 0 aliphatic rings. The summed E-state index contributed by atoms with van der Waals surface area (Å²) in [6.07, 6.45) is 1.97. The van der Waals surface area contributed by atoms with Gasteiger partial charge in [0.2, 0.25) is 0 Å². The first-order chi connectivity index (χ1) is 10.5. The van der Waals surface area contributed by atoms with Crippen molar-refractivity contribution in [3.05, 3.63) is 46.7 Å². The lowest BCUT2D eigenvalue weighted by Crippen LogP contribution is -2.26. The van der Waals surface area contributed by atoms with Crippen LogP contribution in [0.5, 0.6) is 0 Å². The van der Waals surface area contributed by atoms with Crippen molar-refractivity contribution >= 4 is 23.5 Å². The SMILES string of the molecule is CCc1c(C(=O)NCCC(=O)O)cnn1-c1cccc(Cl)c1. The third-order valence-electron chi connectivity index (χ3n) is 3.13. The average Bonchev–Trinajstić information content (AvgIpc) is 2.90. The average molecular weight is 322 g/mol. The Kier molecular flexibility index (Phi) is 5.16. The van der Waals surface area contributed by atoms with Crippen LogP contribution in [0.1, 0.15) is 29.4 Å². The molecule has 0 unspecified atom stereocenters. The number of carbonyl (C=O) groups is 2. The maximum atomic E-state index is 12.1. The summed E-state index contributed by atoms with van der Waals surface area (Å²) in [7, 11) is 0. The summed E-state index contributed by atoms with van der Waals surface area (Å²) in [5, 5.41) is 16.0. The fourth-order valence-corrected chi connectivity index (χ4v) is 2.30. The standard InChI is InChI=1S/C15H16ClN3O3/c1-2-13-12(15(22)17-7-6-14(20)21)9-18-19(13)11-5-3-4-10(16)8-11/h3-5,8-9H,2,6-7H2,1H3,(H,17,22)(H,20,21). The van der Waals surface area contributed by atoms with Gasteiger partial charge in [0, 0.05) is 11.6 Å². The van der Waals surface area contributed by atoms with Crippen molar-refractivity contribution in [2.45, 2.75) is 19.8 Å². The smallest absolute Gasteiger partial charge is 0.305 e. The number of nitrogens with zero attached hydrogens (tertiary/aromatic N) is 2. The molecular weight excluding hydrogens is 306 g/mol. The first-order valence-corrected chi connectivity index (χ1v) is 7.23. The molecular formula is C15H16ClN3O3. The highest BCUT2D eigenvalue weighted by atomic mass is 35.5. The van der Waals surface area contributed by atoms with Crippen molar-refractivity contribution in [3.63, 3.8) is 0 Å². The van der Waals surface area contributed by atoms with E-state index in [1.807, 2.05) is 19.1 Å². The van der Waals surface area contributed by atoms with Gasteiger partial charge in [-0.25, -0.2) is 4.68 Å². The van der Waals surface area contributed by atoms with E-state index < -0.39 is 5.97 Å². The van der Waals surface area contributed by atoms with Gasteiger partial charge in [-0.05, 0) is 24.6 Å². The number of carboxylic acid groups (broad SMARTS) is 1. The fourth-order valence-electron chi connectivity index (χ4n) is 2.11. The molecule has 0 radical (unpaired) electrons. The molecule has 0 atom stereocenters. The highest BCUT2D eigenvalue weighted by molar-refractivity contribution is 6.30. The van der Waals surface area contributed by atoms with Gasteiger partial charge < -0.3 is 10.4 Å². The minimum absolute atomic E-state index is 0.0830. The number of nitrogens with one attached hydrogen (secondary N) is 1. The summed E-state index contributed by atoms with van der Waals surface area (Å²) in [6, 6.07) is 7.19. The molecule has 2 N–H and O–H groups in total. The second-order valence-corrected chi connectivity index (χ2v) is 5.09. The Morgan fingerprint density at radius 3 is 2.82 bits per heavy atom. The number of carboxylic acids is 1. The molecule has 7 heteroatoms. The van der Waals surface area contributed by atoms with Crippen LogP contribution in [0, 0.1) is 0 Å². The third kappa shape index (κ3) is 3.65. The summed E-state index contributed by atoms with van der Waals surface area (Å²) in [5.74, 6) is -1.28. The highest BCUT2D eigenvalue weighted by Gasteiger charge is 2.17. The number of aliphatic carboxylic acids is 1. The van der Waals surface area contributed by atoms with E-state index in [1.54, 1.807) is 16.8 Å². The monoisotopic (exact) mass is 321 g/mol. The first-order valence-electron chi connectivity index (χ1n) is 6.85. The number of hydrogen-bond acceptors (Lipinski definition) is 3. The molecule has 0 saturated heterocycles. The molecule has 2 aromatic rings. The van der Waals surface area contributed by atoms with Gasteiger partial charge >= 0.3 is 5.97 Å². The van der Waals surface area contributed by atoms with Crippen LogP contribution in [0.4, 0.5) is 0 Å². The van der Waals surface area contributed by atoms with Gasteiger partial charge in [0.25, 0.3) is 5.91 Å². The second kappa shape index (κ2) is 7.09. The zero-order valence-corrected chi connectivity index (χ0v) is 12.8. The topological polar surface area (TPSA) is 84.2 Å². The Bertz CT molecular complexity index is 697. The minimum Gasteiger partial charge on any atom is -0.481 e. The van der Waals surface area contributed by atoms with E-state index in [2.05, 4.69) is 10.4 Å².